The van der Waals surface area contributed by atoms with Gasteiger partial charge in [-0.15, -0.1) is 0 Å². The van der Waals surface area contributed by atoms with E-state index in [1.807, 2.05) is 18.2 Å². The maximum atomic E-state index is 6.17. The van der Waals surface area contributed by atoms with E-state index >= 15 is 0 Å². The van der Waals surface area contributed by atoms with Gasteiger partial charge in [0.2, 0.25) is 0 Å². The van der Waals surface area contributed by atoms with Crippen LogP contribution >= 0.6 is 0 Å². The summed E-state index contributed by atoms with van der Waals surface area (Å²) in [5, 5.41) is 0.251. The fraction of sp³-hybridized carbons (Fsp3) is 0.647. The van der Waals surface area contributed by atoms with Gasteiger partial charge in [0.25, 0.3) is 0 Å². The van der Waals surface area contributed by atoms with Crippen LogP contribution in [-0.2, 0) is 20.5 Å². The van der Waals surface area contributed by atoms with E-state index in [1.165, 1.54) is 5.56 Å². The van der Waals surface area contributed by atoms with Crippen LogP contribution in [0.5, 0.6) is 0 Å². The monoisotopic (exact) mass is 308 g/mol. The molecule has 0 bridgehead atoms. The summed E-state index contributed by atoms with van der Waals surface area (Å²) in [7, 11) is -1.66. The van der Waals surface area contributed by atoms with Gasteiger partial charge in [-0.3, -0.25) is 0 Å². The number of ether oxygens (including phenoxy) is 2. The Labute approximate surface area is 129 Å². The fourth-order valence-electron chi connectivity index (χ4n) is 1.85. The Morgan fingerprint density at radius 1 is 1.05 bits per heavy atom. The molecule has 0 amide bonds. The fourth-order valence-corrected chi connectivity index (χ4v) is 2.86. The van der Waals surface area contributed by atoms with Crippen LogP contribution in [0.15, 0.2) is 30.3 Å². The molecule has 1 heterocycles. The van der Waals surface area contributed by atoms with Crippen molar-refractivity contribution >= 4 is 8.32 Å². The number of benzene rings is 1. The summed E-state index contributed by atoms with van der Waals surface area (Å²) in [5.74, 6) is 0. The van der Waals surface area contributed by atoms with Gasteiger partial charge in [0, 0.05) is 0 Å². The lowest BCUT2D eigenvalue weighted by atomic mass is 10.2. The Bertz CT molecular complexity index is 439. The van der Waals surface area contributed by atoms with Gasteiger partial charge >= 0.3 is 0 Å². The molecule has 1 fully saturated rings. The minimum absolute atomic E-state index is 0.207. The minimum Gasteiger partial charge on any atom is -0.414 e. The zero-order chi connectivity index (χ0) is 15.5. The predicted octanol–water partition coefficient (Wildman–Crippen LogP) is 3.99. The molecule has 0 aromatic heterocycles. The first-order chi connectivity index (χ1) is 9.79. The standard InChI is InChI=1S/C17H28O3Si/c1-17(2,3)21(4,5)19-13-16-15(20-16)12-18-11-14-9-7-6-8-10-14/h6-10,15-16H,11-13H2,1-5H3/t15-,16-/m0/s1. The molecule has 0 radical (unpaired) electrons. The number of hydrogen-bond acceptors (Lipinski definition) is 3. The van der Waals surface area contributed by atoms with Crippen LogP contribution in [0.4, 0.5) is 0 Å². The van der Waals surface area contributed by atoms with Crippen molar-refractivity contribution in [2.45, 2.75) is 57.7 Å². The third-order valence-electron chi connectivity index (χ3n) is 4.50. The molecular formula is C17H28O3Si. The molecule has 0 N–H and O–H groups in total. The summed E-state index contributed by atoms with van der Waals surface area (Å²) in [6.45, 7) is 13.3. The smallest absolute Gasteiger partial charge is 0.192 e. The predicted molar refractivity (Wildman–Crippen MR) is 87.9 cm³/mol. The molecule has 4 heteroatoms. The Kier molecular flexibility index (Phi) is 5.25. The highest BCUT2D eigenvalue weighted by molar-refractivity contribution is 6.74. The highest BCUT2D eigenvalue weighted by Crippen LogP contribution is 2.37. The summed E-state index contributed by atoms with van der Waals surface area (Å²) in [6.07, 6.45) is 0.424. The van der Waals surface area contributed by atoms with Crippen molar-refractivity contribution in [1.82, 2.24) is 0 Å². The maximum absolute atomic E-state index is 6.17. The number of hydrogen-bond donors (Lipinski definition) is 0. The lowest BCUT2D eigenvalue weighted by Gasteiger charge is -2.36. The van der Waals surface area contributed by atoms with Crippen LogP contribution in [0.3, 0.4) is 0 Å². The second kappa shape index (κ2) is 6.61. The van der Waals surface area contributed by atoms with Gasteiger partial charge in [-0.1, -0.05) is 51.1 Å². The zero-order valence-electron chi connectivity index (χ0n) is 13.9. The topological polar surface area (TPSA) is 31.0 Å². The van der Waals surface area contributed by atoms with Gasteiger partial charge in [-0.05, 0) is 23.7 Å². The lowest BCUT2D eigenvalue weighted by molar-refractivity contribution is 0.104. The van der Waals surface area contributed by atoms with Crippen molar-refractivity contribution in [3.63, 3.8) is 0 Å². The average molecular weight is 308 g/mol. The minimum atomic E-state index is -1.66. The first-order valence-corrected chi connectivity index (χ1v) is 10.6. The van der Waals surface area contributed by atoms with Crippen molar-refractivity contribution in [1.29, 1.82) is 0 Å². The number of epoxide rings is 1. The zero-order valence-corrected chi connectivity index (χ0v) is 14.9. The molecule has 2 rings (SSSR count). The van der Waals surface area contributed by atoms with Crippen molar-refractivity contribution in [3.8, 4) is 0 Å². The van der Waals surface area contributed by atoms with Crippen LogP contribution in [0.25, 0.3) is 0 Å². The van der Waals surface area contributed by atoms with E-state index in [4.69, 9.17) is 13.9 Å². The molecule has 1 saturated heterocycles. The van der Waals surface area contributed by atoms with Gasteiger partial charge in [0.1, 0.15) is 12.2 Å². The highest BCUT2D eigenvalue weighted by Gasteiger charge is 2.43. The molecule has 1 aliphatic heterocycles. The van der Waals surface area contributed by atoms with Crippen LogP contribution in [0.2, 0.25) is 18.1 Å². The van der Waals surface area contributed by atoms with Crippen LogP contribution < -0.4 is 0 Å². The number of rotatable bonds is 7. The molecule has 0 unspecified atom stereocenters. The molecule has 0 saturated carbocycles. The normalized spacial score (nSPS) is 22.3. The van der Waals surface area contributed by atoms with E-state index in [-0.39, 0.29) is 17.2 Å². The van der Waals surface area contributed by atoms with Gasteiger partial charge in [-0.2, -0.15) is 0 Å². The Morgan fingerprint density at radius 3 is 2.29 bits per heavy atom. The highest BCUT2D eigenvalue weighted by atomic mass is 28.4. The lowest BCUT2D eigenvalue weighted by Crippen LogP contribution is -2.41. The molecule has 0 aliphatic carbocycles. The van der Waals surface area contributed by atoms with E-state index in [1.54, 1.807) is 0 Å². The van der Waals surface area contributed by atoms with Crippen molar-refractivity contribution < 1.29 is 13.9 Å². The van der Waals surface area contributed by atoms with Crippen LogP contribution in [-0.4, -0.2) is 33.7 Å². The third kappa shape index (κ3) is 4.92. The van der Waals surface area contributed by atoms with Gasteiger partial charge in [-0.25, -0.2) is 0 Å². The quantitative estimate of drug-likeness (QED) is 0.563. The largest absolute Gasteiger partial charge is 0.414 e. The van der Waals surface area contributed by atoms with E-state index < -0.39 is 8.32 Å². The molecule has 0 spiro atoms. The summed E-state index contributed by atoms with van der Waals surface area (Å²) < 4.78 is 17.5. The summed E-state index contributed by atoms with van der Waals surface area (Å²) in [4.78, 5) is 0. The van der Waals surface area contributed by atoms with Crippen LogP contribution in [0, 0.1) is 0 Å². The van der Waals surface area contributed by atoms with E-state index in [9.17, 15) is 0 Å². The van der Waals surface area contributed by atoms with E-state index in [0.29, 0.717) is 19.8 Å². The summed E-state index contributed by atoms with van der Waals surface area (Å²) in [6, 6.07) is 10.2. The Balaban J connectivity index is 1.62. The first-order valence-electron chi connectivity index (χ1n) is 7.71. The third-order valence-corrected chi connectivity index (χ3v) is 9.00. The van der Waals surface area contributed by atoms with E-state index in [0.717, 1.165) is 0 Å². The van der Waals surface area contributed by atoms with Crippen molar-refractivity contribution in [3.05, 3.63) is 35.9 Å². The van der Waals surface area contributed by atoms with Gasteiger partial charge in [0.15, 0.2) is 8.32 Å². The second-order valence-electron chi connectivity index (χ2n) is 7.29. The van der Waals surface area contributed by atoms with Gasteiger partial charge in [0.05, 0.1) is 19.8 Å². The average Bonchev–Trinajstić information content (AvgIpc) is 3.15. The first kappa shape index (κ1) is 16.7. The molecule has 1 aromatic rings. The van der Waals surface area contributed by atoms with E-state index in [2.05, 4.69) is 46.0 Å². The molecule has 118 valence electrons. The Hall–Kier alpha value is -0.683. The molecular weight excluding hydrogens is 280 g/mol. The summed E-state index contributed by atoms with van der Waals surface area (Å²) >= 11 is 0. The summed E-state index contributed by atoms with van der Waals surface area (Å²) in [5.41, 5.74) is 1.20. The Morgan fingerprint density at radius 2 is 1.67 bits per heavy atom. The molecule has 3 nitrogen and oxygen atoms in total. The molecule has 1 aromatic carbocycles. The van der Waals surface area contributed by atoms with Crippen molar-refractivity contribution in [2.75, 3.05) is 13.2 Å². The van der Waals surface area contributed by atoms with Crippen molar-refractivity contribution in [2.24, 2.45) is 0 Å². The second-order valence-corrected chi connectivity index (χ2v) is 12.1. The molecule has 21 heavy (non-hydrogen) atoms. The maximum Gasteiger partial charge on any atom is 0.192 e. The van der Waals surface area contributed by atoms with Gasteiger partial charge < -0.3 is 13.9 Å². The SMILES string of the molecule is CC(C)(C)[Si](C)(C)OC[C@@H]1O[C@H]1COCc1ccccc1. The van der Waals surface area contributed by atoms with Crippen LogP contribution in [0.1, 0.15) is 26.3 Å². The molecule has 1 aliphatic rings. The molecule has 2 atom stereocenters.